The maximum absolute atomic E-state index is 8.93. The van der Waals surface area contributed by atoms with Crippen LogP contribution in [0.2, 0.25) is 0 Å². The van der Waals surface area contributed by atoms with Gasteiger partial charge < -0.3 is 9.84 Å². The molecule has 0 spiro atoms. The van der Waals surface area contributed by atoms with Crippen LogP contribution in [0.3, 0.4) is 0 Å². The highest BCUT2D eigenvalue weighted by Crippen LogP contribution is 2.36. The molecule has 2 heteroatoms. The summed E-state index contributed by atoms with van der Waals surface area (Å²) < 4.78 is 5.09. The number of aliphatic hydroxyl groups excluding tert-OH is 1. The molecular formula is C10H12O2. The number of hydrogen-bond donors (Lipinski definition) is 1. The van der Waals surface area contributed by atoms with E-state index in [0.717, 1.165) is 12.2 Å². The molecule has 0 fully saturated rings. The highest BCUT2D eigenvalue weighted by molar-refractivity contribution is 5.44. The summed E-state index contributed by atoms with van der Waals surface area (Å²) in [7, 11) is 1.67. The van der Waals surface area contributed by atoms with Crippen molar-refractivity contribution in [1.29, 1.82) is 0 Å². The van der Waals surface area contributed by atoms with Gasteiger partial charge >= 0.3 is 0 Å². The number of hydrogen-bond acceptors (Lipinski definition) is 2. The number of aliphatic hydroxyl groups is 1. The fraction of sp³-hybridized carbons (Fsp3) is 0.400. The Balaban J connectivity index is 2.28. The van der Waals surface area contributed by atoms with Gasteiger partial charge in [-0.2, -0.15) is 0 Å². The van der Waals surface area contributed by atoms with Crippen LogP contribution in [-0.2, 0) is 6.42 Å². The van der Waals surface area contributed by atoms with Crippen molar-refractivity contribution in [3.63, 3.8) is 0 Å². The highest BCUT2D eigenvalue weighted by Gasteiger charge is 2.25. The van der Waals surface area contributed by atoms with Crippen molar-refractivity contribution in [3.8, 4) is 5.75 Å². The number of benzene rings is 1. The number of ether oxygens (including phenoxy) is 1. The van der Waals surface area contributed by atoms with Crippen LogP contribution in [0, 0.1) is 0 Å². The summed E-state index contributed by atoms with van der Waals surface area (Å²) in [6.07, 6.45) is 0.989. The molecule has 1 aromatic carbocycles. The molecule has 0 heterocycles. The lowest BCUT2D eigenvalue weighted by atomic mass is 9.78. The first-order chi connectivity index (χ1) is 5.85. The van der Waals surface area contributed by atoms with E-state index in [4.69, 9.17) is 9.84 Å². The Morgan fingerprint density at radius 1 is 1.58 bits per heavy atom. The third-order valence-electron chi connectivity index (χ3n) is 2.48. The molecule has 2 rings (SSSR count). The SMILES string of the molecule is COc1ccc2c(c1)CC2CO. The van der Waals surface area contributed by atoms with E-state index in [1.807, 2.05) is 18.2 Å². The zero-order chi connectivity index (χ0) is 8.55. The van der Waals surface area contributed by atoms with Crippen LogP contribution in [0.25, 0.3) is 0 Å². The van der Waals surface area contributed by atoms with E-state index in [9.17, 15) is 0 Å². The molecule has 0 radical (unpaired) electrons. The van der Waals surface area contributed by atoms with E-state index in [-0.39, 0.29) is 6.61 Å². The van der Waals surface area contributed by atoms with Crippen LogP contribution in [0.5, 0.6) is 5.75 Å². The Kier molecular flexibility index (Phi) is 1.77. The minimum Gasteiger partial charge on any atom is -0.497 e. The fourth-order valence-corrected chi connectivity index (χ4v) is 1.69. The summed E-state index contributed by atoms with van der Waals surface area (Å²) in [6, 6.07) is 6.03. The standard InChI is InChI=1S/C10H12O2/c1-12-9-2-3-10-7(5-9)4-8(10)6-11/h2-3,5,8,11H,4,6H2,1H3. The molecule has 1 aliphatic carbocycles. The Hall–Kier alpha value is -1.02. The van der Waals surface area contributed by atoms with Crippen molar-refractivity contribution in [3.05, 3.63) is 29.3 Å². The van der Waals surface area contributed by atoms with Crippen molar-refractivity contribution < 1.29 is 9.84 Å². The summed E-state index contributed by atoms with van der Waals surface area (Å²) >= 11 is 0. The molecule has 1 atom stereocenters. The van der Waals surface area contributed by atoms with Gasteiger partial charge in [0.1, 0.15) is 5.75 Å². The smallest absolute Gasteiger partial charge is 0.119 e. The Labute approximate surface area is 71.8 Å². The van der Waals surface area contributed by atoms with Gasteiger partial charge in [-0.1, -0.05) is 6.07 Å². The lowest BCUT2D eigenvalue weighted by Gasteiger charge is -2.28. The third-order valence-corrected chi connectivity index (χ3v) is 2.48. The number of fused-ring (bicyclic) bond motifs is 1. The van der Waals surface area contributed by atoms with E-state index < -0.39 is 0 Å². The van der Waals surface area contributed by atoms with Gasteiger partial charge in [0, 0.05) is 5.92 Å². The summed E-state index contributed by atoms with van der Waals surface area (Å²) in [6.45, 7) is 0.263. The van der Waals surface area contributed by atoms with Crippen LogP contribution >= 0.6 is 0 Å². The molecule has 1 aromatic rings. The predicted molar refractivity (Wildman–Crippen MR) is 46.5 cm³/mol. The second-order valence-corrected chi connectivity index (χ2v) is 3.15. The molecule has 1 aliphatic rings. The van der Waals surface area contributed by atoms with Crippen molar-refractivity contribution >= 4 is 0 Å². The van der Waals surface area contributed by atoms with E-state index >= 15 is 0 Å². The molecule has 64 valence electrons. The summed E-state index contributed by atoms with van der Waals surface area (Å²) in [5.74, 6) is 1.27. The predicted octanol–water partition coefficient (Wildman–Crippen LogP) is 1.33. The molecule has 2 nitrogen and oxygen atoms in total. The third kappa shape index (κ3) is 0.994. The van der Waals surface area contributed by atoms with Gasteiger partial charge in [-0.25, -0.2) is 0 Å². The van der Waals surface area contributed by atoms with Crippen molar-refractivity contribution in [1.82, 2.24) is 0 Å². The molecule has 0 aromatic heterocycles. The van der Waals surface area contributed by atoms with Gasteiger partial charge in [0.15, 0.2) is 0 Å². The topological polar surface area (TPSA) is 29.5 Å². The fourth-order valence-electron chi connectivity index (χ4n) is 1.69. The van der Waals surface area contributed by atoms with E-state index in [1.165, 1.54) is 11.1 Å². The normalized spacial score (nSPS) is 19.7. The second-order valence-electron chi connectivity index (χ2n) is 3.15. The van der Waals surface area contributed by atoms with Gasteiger partial charge in [0.05, 0.1) is 13.7 Å². The first kappa shape index (κ1) is 7.62. The van der Waals surface area contributed by atoms with Gasteiger partial charge in [-0.05, 0) is 29.7 Å². The minimum absolute atomic E-state index is 0.263. The first-order valence-electron chi connectivity index (χ1n) is 4.13. The lowest BCUT2D eigenvalue weighted by Crippen LogP contribution is -2.20. The van der Waals surface area contributed by atoms with Crippen molar-refractivity contribution in [2.75, 3.05) is 13.7 Å². The summed E-state index contributed by atoms with van der Waals surface area (Å²) in [4.78, 5) is 0. The molecule has 0 aliphatic heterocycles. The molecule has 0 bridgehead atoms. The quantitative estimate of drug-likeness (QED) is 0.714. The summed E-state index contributed by atoms with van der Waals surface area (Å²) in [5.41, 5.74) is 2.59. The van der Waals surface area contributed by atoms with Crippen molar-refractivity contribution in [2.45, 2.75) is 12.3 Å². The zero-order valence-electron chi connectivity index (χ0n) is 7.08. The Morgan fingerprint density at radius 3 is 3.00 bits per heavy atom. The van der Waals surface area contributed by atoms with Crippen LogP contribution in [0.1, 0.15) is 17.0 Å². The largest absolute Gasteiger partial charge is 0.497 e. The van der Waals surface area contributed by atoms with Crippen molar-refractivity contribution in [2.24, 2.45) is 0 Å². The van der Waals surface area contributed by atoms with Gasteiger partial charge in [-0.3, -0.25) is 0 Å². The average Bonchev–Trinajstić information content (AvgIpc) is 2.07. The van der Waals surface area contributed by atoms with Crippen LogP contribution in [0.15, 0.2) is 18.2 Å². The molecule has 12 heavy (non-hydrogen) atoms. The Morgan fingerprint density at radius 2 is 2.42 bits per heavy atom. The second kappa shape index (κ2) is 2.79. The maximum Gasteiger partial charge on any atom is 0.119 e. The molecular weight excluding hydrogens is 152 g/mol. The van der Waals surface area contributed by atoms with Crippen LogP contribution < -0.4 is 4.74 Å². The Bertz CT molecular complexity index is 294. The molecule has 0 saturated carbocycles. The van der Waals surface area contributed by atoms with Gasteiger partial charge in [-0.15, -0.1) is 0 Å². The molecule has 1 N–H and O–H groups in total. The number of rotatable bonds is 2. The highest BCUT2D eigenvalue weighted by atomic mass is 16.5. The van der Waals surface area contributed by atoms with E-state index in [0.29, 0.717) is 5.92 Å². The molecule has 1 unspecified atom stereocenters. The van der Waals surface area contributed by atoms with E-state index in [1.54, 1.807) is 7.11 Å². The number of methoxy groups -OCH3 is 1. The minimum atomic E-state index is 0.263. The maximum atomic E-state index is 8.93. The molecule has 0 saturated heterocycles. The van der Waals surface area contributed by atoms with Crippen LogP contribution in [0.4, 0.5) is 0 Å². The van der Waals surface area contributed by atoms with E-state index in [2.05, 4.69) is 0 Å². The molecule has 0 amide bonds. The summed E-state index contributed by atoms with van der Waals surface area (Å²) in [5, 5.41) is 8.93. The van der Waals surface area contributed by atoms with Crippen LogP contribution in [-0.4, -0.2) is 18.8 Å². The monoisotopic (exact) mass is 164 g/mol. The average molecular weight is 164 g/mol. The lowest BCUT2D eigenvalue weighted by molar-refractivity contribution is 0.252. The first-order valence-corrected chi connectivity index (χ1v) is 4.13. The zero-order valence-corrected chi connectivity index (χ0v) is 7.08. The van der Waals surface area contributed by atoms with Gasteiger partial charge in [0.25, 0.3) is 0 Å². The van der Waals surface area contributed by atoms with Gasteiger partial charge in [0.2, 0.25) is 0 Å².